The van der Waals surface area contributed by atoms with Crippen molar-refractivity contribution in [2.24, 2.45) is 0 Å². The highest BCUT2D eigenvalue weighted by molar-refractivity contribution is 5.85. The fraction of sp³-hybridized carbons (Fsp3) is 0.700. The molecule has 0 fully saturated rings. The first kappa shape index (κ1) is 18.7. The molecule has 0 saturated carbocycles. The van der Waals surface area contributed by atoms with Crippen LogP contribution in [0.3, 0.4) is 0 Å². The van der Waals surface area contributed by atoms with Gasteiger partial charge in [-0.15, -0.1) is 0 Å². The summed E-state index contributed by atoms with van der Waals surface area (Å²) in [5, 5.41) is 8.32. The molecule has 0 saturated heterocycles. The van der Waals surface area contributed by atoms with Gasteiger partial charge in [0.25, 0.3) is 0 Å². The predicted octanol–water partition coefficient (Wildman–Crippen LogP) is 3.97. The molecule has 0 aromatic carbocycles. The van der Waals surface area contributed by atoms with E-state index in [1.807, 2.05) is 0 Å². The zero-order chi connectivity index (χ0) is 16.4. The van der Waals surface area contributed by atoms with Crippen molar-refractivity contribution in [3.63, 3.8) is 0 Å². The van der Waals surface area contributed by atoms with Gasteiger partial charge in [-0.3, -0.25) is 0 Å². The highest BCUT2D eigenvalue weighted by atomic mass is 19.4. The predicted molar refractivity (Wildman–Crippen MR) is 51.5 cm³/mol. The van der Waals surface area contributed by atoms with Gasteiger partial charge in [-0.1, -0.05) is 6.58 Å². The van der Waals surface area contributed by atoms with Crippen LogP contribution in [0, 0.1) is 0 Å². The minimum absolute atomic E-state index is 0.593. The molecular weight excluding hydrogens is 304 g/mol. The molecule has 0 aliphatic carbocycles. The van der Waals surface area contributed by atoms with E-state index in [9.17, 15) is 39.9 Å². The average molecular weight is 314 g/mol. The summed E-state index contributed by atoms with van der Waals surface area (Å²) < 4.78 is 99.9. The number of carbonyl (C=O) groups is 1. The van der Waals surface area contributed by atoms with Crippen LogP contribution in [-0.2, 0) is 4.79 Å². The average Bonchev–Trinajstić information content (AvgIpc) is 2.27. The van der Waals surface area contributed by atoms with E-state index in [1.54, 1.807) is 0 Å². The van der Waals surface area contributed by atoms with Gasteiger partial charge in [-0.05, 0) is 12.8 Å². The van der Waals surface area contributed by atoms with Gasteiger partial charge in [-0.2, -0.15) is 26.3 Å². The Bertz CT molecular complexity index is 377. The van der Waals surface area contributed by atoms with Gasteiger partial charge in [0.05, 0.1) is 0 Å². The molecule has 0 aliphatic heterocycles. The molecule has 0 aliphatic rings. The summed E-state index contributed by atoms with van der Waals surface area (Å²) in [6, 6.07) is 0. The number of hydrogen-bond acceptors (Lipinski definition) is 1. The van der Waals surface area contributed by atoms with Gasteiger partial charge < -0.3 is 5.11 Å². The maximum atomic E-state index is 13.0. The third-order valence-electron chi connectivity index (χ3n) is 2.42. The summed E-state index contributed by atoms with van der Waals surface area (Å²) in [4.78, 5) is 10.2. The topological polar surface area (TPSA) is 37.3 Å². The Balaban J connectivity index is 4.87. The fourth-order valence-corrected chi connectivity index (χ4v) is 1.17. The van der Waals surface area contributed by atoms with Gasteiger partial charge in [0.1, 0.15) is 0 Å². The third kappa shape index (κ3) is 3.60. The van der Waals surface area contributed by atoms with Crippen LogP contribution in [0.5, 0.6) is 0 Å². The van der Waals surface area contributed by atoms with Crippen molar-refractivity contribution >= 4 is 5.97 Å². The molecule has 0 bridgehead atoms. The normalized spacial score (nSPS) is 13.7. The Hall–Kier alpha value is -1.35. The summed E-state index contributed by atoms with van der Waals surface area (Å²) in [5.74, 6) is -19.4. The zero-order valence-corrected chi connectivity index (χ0v) is 9.78. The fourth-order valence-electron chi connectivity index (χ4n) is 1.17. The summed E-state index contributed by atoms with van der Waals surface area (Å²) in [7, 11) is 0. The Morgan fingerprint density at radius 1 is 1.10 bits per heavy atom. The molecule has 0 spiro atoms. The number of aliphatic carboxylic acids is 1. The molecule has 118 valence electrons. The van der Waals surface area contributed by atoms with E-state index < -0.39 is 55.0 Å². The lowest BCUT2D eigenvalue weighted by Crippen LogP contribution is -2.57. The van der Waals surface area contributed by atoms with Crippen LogP contribution in [0.1, 0.15) is 19.3 Å². The van der Waals surface area contributed by atoms with E-state index in [0.29, 0.717) is 0 Å². The van der Waals surface area contributed by atoms with Crippen LogP contribution in [0.25, 0.3) is 0 Å². The van der Waals surface area contributed by atoms with Gasteiger partial charge in [0, 0.05) is 12.0 Å². The number of carboxylic acid groups (broad SMARTS) is 1. The smallest absolute Gasteiger partial charge is 0.377 e. The Kier molecular flexibility index (Phi) is 5.56. The van der Waals surface area contributed by atoms with Crippen molar-refractivity contribution in [2.45, 2.75) is 43.5 Å². The van der Waals surface area contributed by atoms with E-state index in [0.717, 1.165) is 0 Å². The number of hydrogen-bond donors (Lipinski definition) is 1. The largest absolute Gasteiger partial charge is 0.478 e. The minimum atomic E-state index is -6.25. The zero-order valence-electron chi connectivity index (χ0n) is 9.78. The molecule has 1 N–H and O–H groups in total. The molecule has 0 radical (unpaired) electrons. The second-order valence-corrected chi connectivity index (χ2v) is 3.96. The Morgan fingerprint density at radius 3 is 1.90 bits per heavy atom. The quantitative estimate of drug-likeness (QED) is 0.544. The van der Waals surface area contributed by atoms with Crippen molar-refractivity contribution < 1.29 is 45.0 Å². The Labute approximate surface area is 108 Å². The van der Waals surface area contributed by atoms with Crippen LogP contribution in [-0.4, -0.2) is 35.3 Å². The molecule has 0 heterocycles. The van der Waals surface area contributed by atoms with Gasteiger partial charge in [-0.25, -0.2) is 13.6 Å². The Morgan fingerprint density at radius 2 is 1.55 bits per heavy atom. The summed E-state index contributed by atoms with van der Waals surface area (Å²) in [6.07, 6.45) is -8.43. The standard InChI is InChI=1S/C10H10F8O2/c1-5(6(19)20)3-2-4-8(13,14)10(17,18)9(15,16)7(11)12/h7H,1-4H2,(H,19,20). The number of alkyl halides is 8. The van der Waals surface area contributed by atoms with Crippen molar-refractivity contribution in [1.29, 1.82) is 0 Å². The van der Waals surface area contributed by atoms with Crippen molar-refractivity contribution in [2.75, 3.05) is 0 Å². The highest BCUT2D eigenvalue weighted by Gasteiger charge is 2.74. The lowest BCUT2D eigenvalue weighted by Gasteiger charge is -2.32. The molecular formula is C10H10F8O2. The summed E-state index contributed by atoms with van der Waals surface area (Å²) >= 11 is 0. The molecule has 0 rings (SSSR count). The van der Waals surface area contributed by atoms with Crippen LogP contribution in [0.15, 0.2) is 12.2 Å². The molecule has 10 heteroatoms. The van der Waals surface area contributed by atoms with E-state index >= 15 is 0 Å². The molecule has 0 aromatic rings. The second-order valence-electron chi connectivity index (χ2n) is 3.96. The SMILES string of the molecule is C=C(CCCC(F)(F)C(F)(F)C(F)(F)C(F)F)C(=O)O. The molecule has 0 aromatic heterocycles. The van der Waals surface area contributed by atoms with Crippen LogP contribution < -0.4 is 0 Å². The first-order valence-corrected chi connectivity index (χ1v) is 5.10. The number of carboxylic acids is 1. The molecule has 2 nitrogen and oxygen atoms in total. The van der Waals surface area contributed by atoms with Crippen LogP contribution in [0.2, 0.25) is 0 Å². The van der Waals surface area contributed by atoms with E-state index in [4.69, 9.17) is 5.11 Å². The maximum Gasteiger partial charge on any atom is 0.377 e. The van der Waals surface area contributed by atoms with Crippen molar-refractivity contribution in [3.05, 3.63) is 12.2 Å². The van der Waals surface area contributed by atoms with Crippen LogP contribution in [0.4, 0.5) is 35.1 Å². The third-order valence-corrected chi connectivity index (χ3v) is 2.42. The number of halogens is 8. The van der Waals surface area contributed by atoms with Crippen LogP contribution >= 0.6 is 0 Å². The highest BCUT2D eigenvalue weighted by Crippen LogP contribution is 2.50. The lowest BCUT2D eigenvalue weighted by atomic mass is 9.98. The molecule has 0 amide bonds. The lowest BCUT2D eigenvalue weighted by molar-refractivity contribution is -0.339. The number of rotatable bonds is 8. The molecule has 0 atom stereocenters. The molecule has 0 unspecified atom stereocenters. The van der Waals surface area contributed by atoms with Gasteiger partial charge in [0.15, 0.2) is 0 Å². The first-order chi connectivity index (χ1) is 8.77. The van der Waals surface area contributed by atoms with E-state index in [-0.39, 0.29) is 0 Å². The second kappa shape index (κ2) is 5.96. The van der Waals surface area contributed by atoms with Crippen molar-refractivity contribution in [1.82, 2.24) is 0 Å². The van der Waals surface area contributed by atoms with E-state index in [2.05, 4.69) is 6.58 Å². The monoisotopic (exact) mass is 314 g/mol. The molecule has 20 heavy (non-hydrogen) atoms. The summed E-state index contributed by atoms with van der Waals surface area (Å²) in [6.45, 7) is 2.91. The van der Waals surface area contributed by atoms with Gasteiger partial charge in [0.2, 0.25) is 0 Å². The van der Waals surface area contributed by atoms with Gasteiger partial charge >= 0.3 is 30.2 Å². The maximum absolute atomic E-state index is 13.0. The summed E-state index contributed by atoms with van der Waals surface area (Å²) in [5.41, 5.74) is -0.593. The minimum Gasteiger partial charge on any atom is -0.478 e. The first-order valence-electron chi connectivity index (χ1n) is 5.10. The van der Waals surface area contributed by atoms with Crippen molar-refractivity contribution in [3.8, 4) is 0 Å². The van der Waals surface area contributed by atoms with E-state index in [1.165, 1.54) is 0 Å².